The van der Waals surface area contributed by atoms with Crippen molar-refractivity contribution >= 4 is 57.3 Å². The molecule has 0 saturated heterocycles. The van der Waals surface area contributed by atoms with Crippen molar-refractivity contribution in [3.8, 4) is 17.1 Å². The Kier molecular flexibility index (Phi) is 8.15. The van der Waals surface area contributed by atoms with Gasteiger partial charge in [0.05, 0.1) is 18.0 Å². The summed E-state index contributed by atoms with van der Waals surface area (Å²) in [5.74, 6) is 0.00219. The molecule has 1 N–H and O–H groups in total. The lowest BCUT2D eigenvalue weighted by molar-refractivity contribution is -0.113. The van der Waals surface area contributed by atoms with Crippen molar-refractivity contribution in [1.82, 2.24) is 14.1 Å². The molecule has 0 aliphatic heterocycles. The van der Waals surface area contributed by atoms with Crippen molar-refractivity contribution in [2.75, 3.05) is 17.7 Å². The van der Waals surface area contributed by atoms with Crippen LogP contribution in [0.3, 0.4) is 0 Å². The topological polar surface area (TPSA) is 78.2 Å². The van der Waals surface area contributed by atoms with Crippen LogP contribution in [0.2, 0.25) is 0 Å². The van der Waals surface area contributed by atoms with Gasteiger partial charge in [-0.05, 0) is 105 Å². The summed E-state index contributed by atoms with van der Waals surface area (Å²) in [4.78, 5) is 31.5. The minimum absolute atomic E-state index is 0.0130. The van der Waals surface area contributed by atoms with E-state index >= 15 is 0 Å². The molecule has 0 unspecified atom stereocenters. The number of rotatable bonds is 8. The van der Waals surface area contributed by atoms with Gasteiger partial charge < -0.3 is 10.1 Å². The molecule has 0 bridgehead atoms. The second-order valence-electron chi connectivity index (χ2n) is 8.93. The Balaban J connectivity index is 1.54. The molecule has 0 spiro atoms. The summed E-state index contributed by atoms with van der Waals surface area (Å²) in [5.41, 5.74) is 4.15. The monoisotopic (exact) mass is 592 g/mol. The highest BCUT2D eigenvalue weighted by Gasteiger charge is 2.20. The first-order chi connectivity index (χ1) is 19.2. The van der Waals surface area contributed by atoms with Gasteiger partial charge in [0.2, 0.25) is 5.91 Å². The molecule has 2 aromatic heterocycles. The summed E-state index contributed by atoms with van der Waals surface area (Å²) >= 11 is 7.94. The average Bonchev–Trinajstić information content (AvgIpc) is 3.27. The van der Waals surface area contributed by atoms with Gasteiger partial charge in [0.1, 0.15) is 16.3 Å². The van der Waals surface area contributed by atoms with Crippen LogP contribution in [0.4, 0.5) is 10.1 Å². The van der Waals surface area contributed by atoms with Crippen LogP contribution < -0.4 is 15.6 Å². The average molecular weight is 593 g/mol. The summed E-state index contributed by atoms with van der Waals surface area (Å²) in [6.07, 6.45) is 0. The number of hydrogen-bond acceptors (Lipinski definition) is 7. The maximum absolute atomic E-state index is 13.8. The molecule has 0 atom stereocenters. The number of nitrogens with zero attached hydrogens (tertiary/aromatic N) is 3. The fourth-order valence-electron chi connectivity index (χ4n) is 4.07. The SMILES string of the molecule is CCOc1ccc(NC(=O)CSc2nc3c(sc(=S)n3-c3ccc(C)c(C)c3)c(=O)n2-c2ccc(F)cc2)cc1. The van der Waals surface area contributed by atoms with Gasteiger partial charge >= 0.3 is 0 Å². The highest BCUT2D eigenvalue weighted by molar-refractivity contribution is 7.99. The first-order valence-electron chi connectivity index (χ1n) is 12.4. The zero-order chi connectivity index (χ0) is 28.4. The molecular weight excluding hydrogens is 568 g/mol. The van der Waals surface area contributed by atoms with Crippen LogP contribution in [0.15, 0.2) is 76.7 Å². The molecule has 0 aliphatic carbocycles. The minimum atomic E-state index is -0.425. The third-order valence-electron chi connectivity index (χ3n) is 6.19. The van der Waals surface area contributed by atoms with Gasteiger partial charge in [0, 0.05) is 11.4 Å². The summed E-state index contributed by atoms with van der Waals surface area (Å²) in [7, 11) is 0. The molecule has 3 aromatic carbocycles. The number of halogens is 1. The molecule has 204 valence electrons. The van der Waals surface area contributed by atoms with Crippen molar-refractivity contribution in [3.05, 3.63) is 98.0 Å². The van der Waals surface area contributed by atoms with Crippen LogP contribution in [0, 0.1) is 23.6 Å². The van der Waals surface area contributed by atoms with E-state index in [1.54, 1.807) is 28.8 Å². The van der Waals surface area contributed by atoms with Crippen LogP contribution in [-0.2, 0) is 4.79 Å². The van der Waals surface area contributed by atoms with Crippen molar-refractivity contribution in [1.29, 1.82) is 0 Å². The van der Waals surface area contributed by atoms with E-state index in [0.717, 1.165) is 28.6 Å². The number of aryl methyl sites for hydroxylation is 2. The highest BCUT2D eigenvalue weighted by Crippen LogP contribution is 2.28. The Labute approximate surface area is 243 Å². The van der Waals surface area contributed by atoms with E-state index in [0.29, 0.717) is 38.0 Å². The molecule has 0 fully saturated rings. The third kappa shape index (κ3) is 5.72. The van der Waals surface area contributed by atoms with E-state index in [1.165, 1.54) is 40.2 Å². The van der Waals surface area contributed by atoms with Gasteiger partial charge in [-0.3, -0.25) is 18.7 Å². The van der Waals surface area contributed by atoms with E-state index in [4.69, 9.17) is 21.9 Å². The number of benzene rings is 3. The number of anilines is 1. The third-order valence-corrected chi connectivity index (χ3v) is 8.48. The van der Waals surface area contributed by atoms with E-state index < -0.39 is 5.82 Å². The normalized spacial score (nSPS) is 11.1. The second-order valence-corrected chi connectivity index (χ2v) is 11.5. The molecule has 0 aliphatic rings. The van der Waals surface area contributed by atoms with Crippen molar-refractivity contribution in [2.45, 2.75) is 25.9 Å². The Morgan fingerprint density at radius 1 is 1.02 bits per heavy atom. The number of thiazole rings is 1. The first kappa shape index (κ1) is 27.8. The fraction of sp³-hybridized carbons (Fsp3) is 0.172. The number of hydrogen-bond donors (Lipinski definition) is 1. The second kappa shape index (κ2) is 11.7. The molecule has 5 aromatic rings. The van der Waals surface area contributed by atoms with E-state index in [-0.39, 0.29) is 22.4 Å². The predicted molar refractivity (Wildman–Crippen MR) is 162 cm³/mol. The van der Waals surface area contributed by atoms with Gasteiger partial charge in [0.15, 0.2) is 14.8 Å². The van der Waals surface area contributed by atoms with Gasteiger partial charge in [-0.2, -0.15) is 0 Å². The molecule has 7 nitrogen and oxygen atoms in total. The number of amides is 1. The quantitative estimate of drug-likeness (QED) is 0.121. The minimum Gasteiger partial charge on any atom is -0.494 e. The smallest absolute Gasteiger partial charge is 0.278 e. The number of carbonyl (C=O) groups excluding carboxylic acids is 1. The molecule has 0 saturated carbocycles. The number of ether oxygens (including phenoxy) is 1. The van der Waals surface area contributed by atoms with E-state index in [9.17, 15) is 14.0 Å². The number of aromatic nitrogens is 3. The van der Waals surface area contributed by atoms with E-state index in [2.05, 4.69) is 5.32 Å². The number of nitrogens with one attached hydrogen (secondary N) is 1. The summed E-state index contributed by atoms with van der Waals surface area (Å²) in [6, 6.07) is 18.6. The summed E-state index contributed by atoms with van der Waals surface area (Å²) < 4.78 is 23.2. The van der Waals surface area contributed by atoms with Crippen molar-refractivity contribution < 1.29 is 13.9 Å². The largest absolute Gasteiger partial charge is 0.494 e. The van der Waals surface area contributed by atoms with Crippen LogP contribution in [-0.4, -0.2) is 32.4 Å². The molecule has 11 heteroatoms. The van der Waals surface area contributed by atoms with Crippen molar-refractivity contribution in [2.24, 2.45) is 0 Å². The summed E-state index contributed by atoms with van der Waals surface area (Å²) in [5, 5.41) is 3.14. The maximum Gasteiger partial charge on any atom is 0.278 e. The maximum atomic E-state index is 13.8. The fourth-order valence-corrected chi connectivity index (χ4v) is 6.18. The lowest BCUT2D eigenvalue weighted by Crippen LogP contribution is -2.22. The number of thioether (sulfide) groups is 1. The predicted octanol–water partition coefficient (Wildman–Crippen LogP) is 6.85. The first-order valence-corrected chi connectivity index (χ1v) is 14.6. The Morgan fingerprint density at radius 2 is 1.73 bits per heavy atom. The standard InChI is InChI=1S/C29H25FN4O3S3/c1-4-37-23-13-8-20(9-14-23)31-24(35)16-39-28-32-26-25(27(36)34(28)21-11-6-19(30)7-12-21)40-29(38)33(26)22-10-5-17(2)18(3)15-22/h5-15H,4,16H2,1-3H3,(H,31,35). The van der Waals surface area contributed by atoms with Crippen molar-refractivity contribution in [3.63, 3.8) is 0 Å². The molecular formula is C29H25FN4O3S3. The highest BCUT2D eigenvalue weighted by atomic mass is 32.2. The zero-order valence-electron chi connectivity index (χ0n) is 21.9. The van der Waals surface area contributed by atoms with Crippen LogP contribution >= 0.6 is 35.3 Å². The van der Waals surface area contributed by atoms with Gasteiger partial charge in [0.25, 0.3) is 5.56 Å². The molecule has 1 amide bonds. The zero-order valence-corrected chi connectivity index (χ0v) is 24.4. The van der Waals surface area contributed by atoms with Gasteiger partial charge in [-0.1, -0.05) is 29.2 Å². The Morgan fingerprint density at radius 3 is 2.40 bits per heavy atom. The molecule has 0 radical (unpaired) electrons. The van der Waals surface area contributed by atoms with E-state index in [1.807, 2.05) is 39.0 Å². The van der Waals surface area contributed by atoms with Crippen LogP contribution in [0.5, 0.6) is 5.75 Å². The molecule has 40 heavy (non-hydrogen) atoms. The van der Waals surface area contributed by atoms with Crippen LogP contribution in [0.25, 0.3) is 21.7 Å². The Bertz CT molecular complexity index is 1830. The van der Waals surface area contributed by atoms with Gasteiger partial charge in [-0.25, -0.2) is 9.37 Å². The number of fused-ring (bicyclic) bond motifs is 1. The molecule has 2 heterocycles. The molecule has 5 rings (SSSR count). The Hall–Kier alpha value is -3.80. The lowest BCUT2D eigenvalue weighted by Gasteiger charge is -2.13. The van der Waals surface area contributed by atoms with Crippen LogP contribution in [0.1, 0.15) is 18.1 Å². The number of carbonyl (C=O) groups is 1. The lowest BCUT2D eigenvalue weighted by atomic mass is 10.1. The van der Waals surface area contributed by atoms with Gasteiger partial charge in [-0.15, -0.1) is 0 Å². The summed E-state index contributed by atoms with van der Waals surface area (Å²) in [6.45, 7) is 6.49.